The van der Waals surface area contributed by atoms with Gasteiger partial charge in [0.1, 0.15) is 6.61 Å². The summed E-state index contributed by atoms with van der Waals surface area (Å²) in [5.41, 5.74) is 0.744. The molecule has 2 aliphatic rings. The Bertz CT molecular complexity index is 400. The average molecular weight is 298 g/mol. The van der Waals surface area contributed by atoms with Gasteiger partial charge in [0.15, 0.2) is 0 Å². The fourth-order valence-electron chi connectivity index (χ4n) is 2.99. The van der Waals surface area contributed by atoms with Crippen molar-refractivity contribution < 1.29 is 19.1 Å². The van der Waals surface area contributed by atoms with Crippen LogP contribution in [0.3, 0.4) is 0 Å². The molecular formula is C17H30O4. The van der Waals surface area contributed by atoms with Gasteiger partial charge in [-0.05, 0) is 26.2 Å². The zero-order valence-corrected chi connectivity index (χ0v) is 14.5. The molecule has 0 bridgehead atoms. The van der Waals surface area contributed by atoms with Crippen LogP contribution in [0.2, 0.25) is 0 Å². The molecule has 21 heavy (non-hydrogen) atoms. The van der Waals surface area contributed by atoms with E-state index >= 15 is 0 Å². The van der Waals surface area contributed by atoms with Crippen LogP contribution >= 0.6 is 0 Å². The molecule has 0 N–H and O–H groups in total. The van der Waals surface area contributed by atoms with Crippen molar-refractivity contribution in [1.29, 1.82) is 0 Å². The largest absolute Gasteiger partial charge is 0.466 e. The molecule has 1 aliphatic carbocycles. The molecule has 2 fully saturated rings. The first kappa shape index (κ1) is 19.7. The minimum absolute atomic E-state index is 0.0412. The third-order valence-electron chi connectivity index (χ3n) is 4.53. The van der Waals surface area contributed by atoms with Crippen LogP contribution in [0.1, 0.15) is 54.9 Å². The number of ether oxygens (including phenoxy) is 2. The maximum atomic E-state index is 11.6. The second kappa shape index (κ2) is 7.62. The lowest BCUT2D eigenvalue weighted by Gasteiger charge is -2.29. The smallest absolute Gasteiger partial charge is 0.312 e. The number of hydrogen-bond donors (Lipinski definition) is 0. The van der Waals surface area contributed by atoms with Crippen LogP contribution in [0, 0.1) is 16.7 Å². The molecule has 1 heterocycles. The molecule has 3 atom stereocenters. The Balaban J connectivity index is 0.000000427. The minimum Gasteiger partial charge on any atom is -0.466 e. The Morgan fingerprint density at radius 1 is 1.38 bits per heavy atom. The summed E-state index contributed by atoms with van der Waals surface area (Å²) in [4.78, 5) is 21.4. The van der Waals surface area contributed by atoms with Gasteiger partial charge < -0.3 is 9.47 Å². The van der Waals surface area contributed by atoms with E-state index in [9.17, 15) is 9.59 Å². The first-order valence-electron chi connectivity index (χ1n) is 7.69. The van der Waals surface area contributed by atoms with Crippen LogP contribution in [0.15, 0.2) is 12.2 Å². The second-order valence-electron chi connectivity index (χ2n) is 5.80. The molecule has 1 unspecified atom stereocenters. The van der Waals surface area contributed by atoms with Gasteiger partial charge in [0.25, 0.3) is 0 Å². The van der Waals surface area contributed by atoms with Gasteiger partial charge in [-0.1, -0.05) is 39.8 Å². The van der Waals surface area contributed by atoms with Gasteiger partial charge in [0, 0.05) is 12.3 Å². The van der Waals surface area contributed by atoms with E-state index in [-0.39, 0.29) is 22.8 Å². The van der Waals surface area contributed by atoms with Crippen molar-refractivity contribution in [2.45, 2.75) is 54.9 Å². The highest BCUT2D eigenvalue weighted by Gasteiger charge is 2.63. The number of rotatable bonds is 1. The third-order valence-corrected chi connectivity index (χ3v) is 4.53. The van der Waals surface area contributed by atoms with Crippen LogP contribution in [-0.4, -0.2) is 25.2 Å². The standard InChI is InChI=1S/C11H16O2.C4H8O2.C2H6/c1-7-5-10(3)9(12)13-6-11(10,4)8(7)2;1-3-6-4(2)5;1-2/h7H,2,5-6H2,1,3-4H3;3H2,1-2H3;1-2H3/t7?,10-,11-;;/m0../s1. The van der Waals surface area contributed by atoms with Gasteiger partial charge in [-0.2, -0.15) is 0 Å². The number of fused-ring (bicyclic) bond motifs is 1. The molecule has 0 radical (unpaired) electrons. The van der Waals surface area contributed by atoms with E-state index in [1.54, 1.807) is 6.92 Å². The number of esters is 2. The van der Waals surface area contributed by atoms with E-state index < -0.39 is 0 Å². The summed E-state index contributed by atoms with van der Waals surface area (Å²) < 4.78 is 9.55. The molecule has 4 nitrogen and oxygen atoms in total. The summed E-state index contributed by atoms with van der Waals surface area (Å²) in [6, 6.07) is 0. The normalized spacial score (nSPS) is 33.0. The van der Waals surface area contributed by atoms with Crippen molar-refractivity contribution in [1.82, 2.24) is 0 Å². The predicted molar refractivity (Wildman–Crippen MR) is 83.7 cm³/mol. The molecule has 1 saturated carbocycles. The summed E-state index contributed by atoms with van der Waals surface area (Å²) in [7, 11) is 0. The fourth-order valence-corrected chi connectivity index (χ4v) is 2.99. The van der Waals surface area contributed by atoms with Crippen molar-refractivity contribution >= 4 is 11.9 Å². The van der Waals surface area contributed by atoms with Gasteiger partial charge in [-0.25, -0.2) is 0 Å². The predicted octanol–water partition coefficient (Wildman–Crippen LogP) is 3.75. The lowest BCUT2D eigenvalue weighted by Crippen LogP contribution is -2.33. The van der Waals surface area contributed by atoms with Crippen molar-refractivity contribution in [3.63, 3.8) is 0 Å². The van der Waals surface area contributed by atoms with Crippen LogP contribution in [0.5, 0.6) is 0 Å². The van der Waals surface area contributed by atoms with Crippen molar-refractivity contribution in [2.24, 2.45) is 16.7 Å². The number of carbonyl (C=O) groups excluding carboxylic acids is 2. The molecular weight excluding hydrogens is 268 g/mol. The molecule has 4 heteroatoms. The van der Waals surface area contributed by atoms with Gasteiger partial charge in [-0.15, -0.1) is 0 Å². The number of cyclic esters (lactones) is 1. The molecule has 0 aromatic carbocycles. The first-order chi connectivity index (χ1) is 9.69. The SMILES string of the molecule is C=C1C(C)C[C@@]2(C)C(=O)OC[C@@]12C.CC.CCOC(C)=O. The molecule has 1 saturated heterocycles. The summed E-state index contributed by atoms with van der Waals surface area (Å²) in [5.74, 6) is 0.195. The Labute approximate surface area is 128 Å². The topological polar surface area (TPSA) is 52.6 Å². The average Bonchev–Trinajstić information content (AvgIpc) is 2.75. The van der Waals surface area contributed by atoms with Crippen LogP contribution < -0.4 is 0 Å². The molecule has 0 spiro atoms. The Kier molecular flexibility index (Phi) is 7.14. The van der Waals surface area contributed by atoms with E-state index in [0.29, 0.717) is 19.1 Å². The van der Waals surface area contributed by atoms with E-state index in [4.69, 9.17) is 4.74 Å². The fraction of sp³-hybridized carbons (Fsp3) is 0.765. The maximum absolute atomic E-state index is 11.6. The monoisotopic (exact) mass is 298 g/mol. The van der Waals surface area contributed by atoms with Gasteiger partial charge in [0.05, 0.1) is 12.0 Å². The Morgan fingerprint density at radius 3 is 2.24 bits per heavy atom. The maximum Gasteiger partial charge on any atom is 0.312 e. The lowest BCUT2D eigenvalue weighted by atomic mass is 9.69. The Hall–Kier alpha value is -1.32. The zero-order valence-electron chi connectivity index (χ0n) is 14.5. The van der Waals surface area contributed by atoms with Crippen molar-refractivity contribution in [3.05, 3.63) is 12.2 Å². The van der Waals surface area contributed by atoms with Gasteiger partial charge in [0.2, 0.25) is 0 Å². The van der Waals surface area contributed by atoms with Gasteiger partial charge >= 0.3 is 11.9 Å². The quantitative estimate of drug-likeness (QED) is 0.546. The minimum atomic E-state index is -0.316. The molecule has 0 amide bonds. The van der Waals surface area contributed by atoms with E-state index in [0.717, 1.165) is 6.42 Å². The van der Waals surface area contributed by atoms with Crippen LogP contribution in [0.4, 0.5) is 0 Å². The third kappa shape index (κ3) is 3.66. The highest BCUT2D eigenvalue weighted by Crippen LogP contribution is 2.61. The summed E-state index contributed by atoms with van der Waals surface area (Å²) in [5, 5.41) is 0. The van der Waals surface area contributed by atoms with Crippen LogP contribution in [-0.2, 0) is 19.1 Å². The first-order valence-corrected chi connectivity index (χ1v) is 7.69. The summed E-state index contributed by atoms with van der Waals surface area (Å²) in [6.45, 7) is 18.5. The number of hydrogen-bond acceptors (Lipinski definition) is 4. The molecule has 2 rings (SSSR count). The van der Waals surface area contributed by atoms with Crippen LogP contribution in [0.25, 0.3) is 0 Å². The summed E-state index contributed by atoms with van der Waals surface area (Å²) in [6.07, 6.45) is 0.890. The number of carbonyl (C=O) groups is 2. The van der Waals surface area contributed by atoms with Gasteiger partial charge in [-0.3, -0.25) is 9.59 Å². The highest BCUT2D eigenvalue weighted by atomic mass is 16.5. The second-order valence-corrected chi connectivity index (χ2v) is 5.80. The highest BCUT2D eigenvalue weighted by molar-refractivity contribution is 5.81. The summed E-state index contributed by atoms with van der Waals surface area (Å²) >= 11 is 0. The van der Waals surface area contributed by atoms with Crippen molar-refractivity contribution in [3.8, 4) is 0 Å². The van der Waals surface area contributed by atoms with E-state index in [2.05, 4.69) is 25.2 Å². The molecule has 122 valence electrons. The zero-order chi connectivity index (χ0) is 16.8. The van der Waals surface area contributed by atoms with E-state index in [1.807, 2.05) is 20.8 Å². The van der Waals surface area contributed by atoms with E-state index in [1.165, 1.54) is 12.5 Å². The Morgan fingerprint density at radius 2 is 1.90 bits per heavy atom. The molecule has 0 aromatic heterocycles. The van der Waals surface area contributed by atoms with Crippen molar-refractivity contribution in [2.75, 3.05) is 13.2 Å². The molecule has 1 aliphatic heterocycles. The lowest BCUT2D eigenvalue weighted by molar-refractivity contribution is -0.146. The molecule has 0 aromatic rings.